The van der Waals surface area contributed by atoms with Gasteiger partial charge >= 0.3 is 12.3 Å². The number of alkyl halides is 3. The van der Waals surface area contributed by atoms with Crippen molar-refractivity contribution in [1.82, 2.24) is 9.62 Å². The van der Waals surface area contributed by atoms with Crippen LogP contribution >= 0.6 is 11.3 Å². The molecule has 0 bridgehead atoms. The maximum atomic E-state index is 13.1. The Balaban J connectivity index is 2.03. The number of nitrogens with zero attached hydrogens (tertiary/aromatic N) is 1. The molecular formula is C24H33F3N2O6S2. The summed E-state index contributed by atoms with van der Waals surface area (Å²) < 4.78 is 69.2. The number of aliphatic hydroxyl groups excluding tert-OH is 1. The quantitative estimate of drug-likeness (QED) is 0.298. The predicted octanol–water partition coefficient (Wildman–Crippen LogP) is 4.04. The van der Waals surface area contributed by atoms with Crippen molar-refractivity contribution in [3.8, 4) is 5.75 Å². The van der Waals surface area contributed by atoms with Gasteiger partial charge < -0.3 is 20.3 Å². The highest BCUT2D eigenvalue weighted by Crippen LogP contribution is 2.29. The molecule has 0 fully saturated rings. The fraction of sp³-hybridized carbons (Fsp3) is 0.542. The van der Waals surface area contributed by atoms with Crippen LogP contribution in [0, 0.1) is 0 Å². The summed E-state index contributed by atoms with van der Waals surface area (Å²) in [7, 11) is -3.11. The van der Waals surface area contributed by atoms with Crippen LogP contribution in [0.1, 0.15) is 43.6 Å². The van der Waals surface area contributed by atoms with E-state index < -0.39 is 45.5 Å². The van der Waals surface area contributed by atoms with Gasteiger partial charge in [-0.05, 0) is 68.7 Å². The lowest BCUT2D eigenvalue weighted by Gasteiger charge is -2.29. The molecule has 0 saturated carbocycles. The number of aryl methyl sites for hydroxylation is 2. The third-order valence-electron chi connectivity index (χ3n) is 5.60. The Bertz CT molecular complexity index is 1120. The van der Waals surface area contributed by atoms with Gasteiger partial charge in [-0.15, -0.1) is 24.5 Å². The largest absolute Gasteiger partial charge is 0.573 e. The van der Waals surface area contributed by atoms with Crippen molar-refractivity contribution in [1.29, 1.82) is 0 Å². The van der Waals surface area contributed by atoms with Crippen LogP contribution in [0.5, 0.6) is 5.75 Å². The van der Waals surface area contributed by atoms with Crippen LogP contribution in [0.25, 0.3) is 0 Å². The van der Waals surface area contributed by atoms with Crippen LogP contribution in [0.3, 0.4) is 0 Å². The lowest BCUT2D eigenvalue weighted by molar-refractivity contribution is -0.274. The summed E-state index contributed by atoms with van der Waals surface area (Å²) >= 11 is 1.69. The fourth-order valence-corrected chi connectivity index (χ4v) is 5.69. The van der Waals surface area contributed by atoms with E-state index in [0.29, 0.717) is 0 Å². The Hall–Kier alpha value is -2.19. The van der Waals surface area contributed by atoms with E-state index in [4.69, 9.17) is 5.11 Å². The first-order valence-electron chi connectivity index (χ1n) is 11.6. The number of hydrogen-bond donors (Lipinski definition) is 3. The van der Waals surface area contributed by atoms with Crippen molar-refractivity contribution >= 4 is 27.3 Å². The van der Waals surface area contributed by atoms with E-state index in [1.54, 1.807) is 11.3 Å². The van der Waals surface area contributed by atoms with E-state index in [-0.39, 0.29) is 30.6 Å². The molecule has 37 heavy (non-hydrogen) atoms. The minimum atomic E-state index is -5.06. The highest BCUT2D eigenvalue weighted by Gasteiger charge is 2.32. The molecule has 0 amide bonds. The predicted molar refractivity (Wildman–Crippen MR) is 134 cm³/mol. The topological polar surface area (TPSA) is 116 Å². The molecule has 2 aromatic rings. The average molecular weight is 567 g/mol. The molecule has 1 aromatic heterocycles. The second kappa shape index (κ2) is 13.1. The average Bonchev–Trinajstić information content (AvgIpc) is 3.28. The number of aliphatic carboxylic acids is 1. The molecule has 0 saturated heterocycles. The second-order valence-electron chi connectivity index (χ2n) is 9.39. The standard InChI is InChI=1S/C24H33F3N2O6S2/c1-23(2,10-4-6-20-7-5-11-36-20)28-15-18(30)16-29(3)37(33,34)21-13-17(8-9-22(31)32)12-19(14-21)35-24(25,26)27/h5,7,11-14,18,28,30H,4,6,8-10,15-16H2,1-3H3,(H,31,32). The Morgan fingerprint density at radius 1 is 1.22 bits per heavy atom. The number of benzene rings is 1. The van der Waals surface area contributed by atoms with Crippen molar-refractivity contribution in [3.05, 3.63) is 46.2 Å². The molecular weight excluding hydrogens is 533 g/mol. The first kappa shape index (κ1) is 31.0. The molecule has 0 aliphatic heterocycles. The van der Waals surface area contributed by atoms with Gasteiger partial charge in [0.05, 0.1) is 11.0 Å². The normalized spacial score (nSPS) is 13.6. The monoisotopic (exact) mass is 566 g/mol. The molecule has 1 aromatic carbocycles. The summed E-state index contributed by atoms with van der Waals surface area (Å²) in [5.41, 5.74) is -0.250. The van der Waals surface area contributed by atoms with Crippen LogP contribution in [0.15, 0.2) is 40.6 Å². The maximum absolute atomic E-state index is 13.1. The van der Waals surface area contributed by atoms with E-state index in [1.807, 2.05) is 25.3 Å². The Kier molecular flexibility index (Phi) is 10.9. The smallest absolute Gasteiger partial charge is 0.481 e. The molecule has 208 valence electrons. The number of nitrogens with one attached hydrogen (secondary N) is 1. The molecule has 0 radical (unpaired) electrons. The van der Waals surface area contributed by atoms with E-state index in [1.165, 1.54) is 11.9 Å². The van der Waals surface area contributed by atoms with Crippen molar-refractivity contribution < 1.29 is 41.3 Å². The number of halogens is 3. The number of carbonyl (C=O) groups is 1. The first-order chi connectivity index (χ1) is 17.1. The Labute approximate surface area is 219 Å². The highest BCUT2D eigenvalue weighted by molar-refractivity contribution is 7.89. The molecule has 13 heteroatoms. The minimum absolute atomic E-state index is 0.0580. The van der Waals surface area contributed by atoms with Gasteiger partial charge in [-0.1, -0.05) is 6.07 Å². The summed E-state index contributed by atoms with van der Waals surface area (Å²) in [5.74, 6) is -1.96. The van der Waals surface area contributed by atoms with E-state index in [2.05, 4.69) is 16.1 Å². The molecule has 2 rings (SSSR count). The zero-order valence-corrected chi connectivity index (χ0v) is 22.5. The van der Waals surface area contributed by atoms with E-state index >= 15 is 0 Å². The van der Waals surface area contributed by atoms with Crippen molar-refractivity contribution in [2.45, 2.75) is 68.9 Å². The minimum Gasteiger partial charge on any atom is -0.481 e. The lowest BCUT2D eigenvalue weighted by Crippen LogP contribution is -2.46. The molecule has 1 heterocycles. The number of carboxylic acid groups (broad SMARTS) is 1. The Morgan fingerprint density at radius 3 is 2.51 bits per heavy atom. The number of ether oxygens (including phenoxy) is 1. The van der Waals surface area contributed by atoms with Crippen LogP contribution < -0.4 is 10.1 Å². The summed E-state index contributed by atoms with van der Waals surface area (Å²) in [6.07, 6.45) is -4.03. The van der Waals surface area contributed by atoms with Crippen LogP contribution in [-0.2, 0) is 27.7 Å². The van der Waals surface area contributed by atoms with Gasteiger partial charge in [-0.2, -0.15) is 4.31 Å². The number of sulfonamides is 1. The number of hydrogen-bond acceptors (Lipinski definition) is 7. The van der Waals surface area contributed by atoms with Gasteiger partial charge in [0, 0.05) is 43.0 Å². The molecule has 3 N–H and O–H groups in total. The number of thiophene rings is 1. The number of carboxylic acids is 1. The molecule has 8 nitrogen and oxygen atoms in total. The maximum Gasteiger partial charge on any atom is 0.573 e. The Morgan fingerprint density at radius 2 is 1.92 bits per heavy atom. The number of β-amino-alcohol motifs (C(OH)–C–C–N with tert-alkyl or cyclic N) is 1. The SMILES string of the molecule is CN(CC(O)CNC(C)(C)CCCc1cccs1)S(=O)(=O)c1cc(CCC(=O)O)cc(OC(F)(F)F)c1. The number of likely N-dealkylation sites (N-methyl/N-ethyl adjacent to an activating group) is 1. The third-order valence-corrected chi connectivity index (χ3v) is 8.34. The lowest BCUT2D eigenvalue weighted by atomic mass is 9.96. The number of rotatable bonds is 15. The fourth-order valence-electron chi connectivity index (χ4n) is 3.65. The van der Waals surface area contributed by atoms with Gasteiger partial charge in [0.1, 0.15) is 5.75 Å². The van der Waals surface area contributed by atoms with Gasteiger partial charge in [0.2, 0.25) is 10.0 Å². The van der Waals surface area contributed by atoms with Crippen LogP contribution in [0.2, 0.25) is 0 Å². The van der Waals surface area contributed by atoms with Gasteiger partial charge in [-0.3, -0.25) is 4.79 Å². The van der Waals surface area contributed by atoms with Crippen LogP contribution in [0.4, 0.5) is 13.2 Å². The summed E-state index contributed by atoms with van der Waals surface area (Å²) in [6.45, 7) is 3.77. The molecule has 0 aliphatic carbocycles. The second-order valence-corrected chi connectivity index (χ2v) is 12.5. The van der Waals surface area contributed by atoms with E-state index in [0.717, 1.165) is 41.8 Å². The zero-order chi connectivity index (χ0) is 27.9. The highest BCUT2D eigenvalue weighted by atomic mass is 32.2. The molecule has 1 atom stereocenters. The third kappa shape index (κ3) is 11.0. The van der Waals surface area contributed by atoms with Crippen LogP contribution in [-0.4, -0.2) is 67.0 Å². The molecule has 0 aliphatic rings. The summed E-state index contributed by atoms with van der Waals surface area (Å²) in [5, 5.41) is 24.6. The van der Waals surface area contributed by atoms with Crippen molar-refractivity contribution in [2.75, 3.05) is 20.1 Å². The van der Waals surface area contributed by atoms with Crippen molar-refractivity contribution in [2.24, 2.45) is 0 Å². The van der Waals surface area contributed by atoms with Crippen molar-refractivity contribution in [3.63, 3.8) is 0 Å². The van der Waals surface area contributed by atoms with Gasteiger partial charge in [0.15, 0.2) is 0 Å². The zero-order valence-electron chi connectivity index (χ0n) is 20.9. The number of aliphatic hydroxyl groups is 1. The summed E-state index contributed by atoms with van der Waals surface area (Å²) in [4.78, 5) is 11.7. The first-order valence-corrected chi connectivity index (χ1v) is 13.9. The molecule has 0 spiro atoms. The van der Waals surface area contributed by atoms with Gasteiger partial charge in [0.25, 0.3) is 0 Å². The molecule has 1 unspecified atom stereocenters. The van der Waals surface area contributed by atoms with Gasteiger partial charge in [-0.25, -0.2) is 8.42 Å². The summed E-state index contributed by atoms with van der Waals surface area (Å²) in [6, 6.07) is 6.87. The van der Waals surface area contributed by atoms with E-state index in [9.17, 15) is 31.5 Å².